The Labute approximate surface area is 128 Å². The minimum Gasteiger partial charge on any atom is -0.326 e. The molecule has 21 heavy (non-hydrogen) atoms. The van der Waals surface area contributed by atoms with Gasteiger partial charge in [0.05, 0.1) is 12.1 Å². The molecule has 0 spiro atoms. The molecule has 1 saturated heterocycles. The van der Waals surface area contributed by atoms with E-state index in [1.54, 1.807) is 9.80 Å². The maximum Gasteiger partial charge on any atom is 0.209 e. The molecule has 2 N–H and O–H groups in total. The zero-order chi connectivity index (χ0) is 15.5. The van der Waals surface area contributed by atoms with Gasteiger partial charge in [0.2, 0.25) is 5.82 Å². The summed E-state index contributed by atoms with van der Waals surface area (Å²) in [5.74, 6) is 1.07. The molecule has 0 bridgehead atoms. The summed E-state index contributed by atoms with van der Waals surface area (Å²) in [5, 5.41) is 12.7. The number of hydrogen-bond donors (Lipinski definition) is 2. The van der Waals surface area contributed by atoms with Crippen LogP contribution in [0.2, 0.25) is 0 Å². The Morgan fingerprint density at radius 1 is 1.14 bits per heavy atom. The lowest BCUT2D eigenvalue weighted by molar-refractivity contribution is -1.03. The highest BCUT2D eigenvalue weighted by atomic mass is 15.6. The van der Waals surface area contributed by atoms with Gasteiger partial charge in [0.1, 0.15) is 32.2 Å². The summed E-state index contributed by atoms with van der Waals surface area (Å²) in [6.45, 7) is 17.4. The van der Waals surface area contributed by atoms with Gasteiger partial charge < -0.3 is 9.80 Å². The number of nitrogens with one attached hydrogen (secondary N) is 2. The molecule has 1 fully saturated rings. The van der Waals surface area contributed by atoms with Crippen LogP contribution in [0.25, 0.3) is 0 Å². The van der Waals surface area contributed by atoms with Crippen molar-refractivity contribution in [1.29, 1.82) is 0 Å². The van der Waals surface area contributed by atoms with E-state index < -0.39 is 0 Å². The maximum atomic E-state index is 4.39. The monoisotopic (exact) mass is 296 g/mol. The van der Waals surface area contributed by atoms with Gasteiger partial charge >= 0.3 is 0 Å². The second-order valence-corrected chi connectivity index (χ2v) is 6.84. The van der Waals surface area contributed by atoms with E-state index in [1.165, 1.54) is 32.7 Å². The van der Waals surface area contributed by atoms with Crippen LogP contribution in [-0.4, -0.2) is 52.9 Å². The van der Waals surface area contributed by atoms with E-state index in [1.807, 2.05) is 0 Å². The molecule has 0 saturated carbocycles. The lowest BCUT2D eigenvalue weighted by Crippen LogP contribution is -3.28. The molecule has 1 aromatic heterocycles. The summed E-state index contributed by atoms with van der Waals surface area (Å²) < 4.78 is 2.06. The van der Waals surface area contributed by atoms with Gasteiger partial charge in [-0.15, -0.1) is 5.10 Å². The quantitative estimate of drug-likeness (QED) is 0.713. The van der Waals surface area contributed by atoms with Crippen molar-refractivity contribution in [3.8, 4) is 0 Å². The Bertz CT molecular complexity index is 433. The molecular weight excluding hydrogens is 264 g/mol. The van der Waals surface area contributed by atoms with Crippen LogP contribution < -0.4 is 9.80 Å². The Morgan fingerprint density at radius 2 is 1.81 bits per heavy atom. The SMILES string of the molecule is CC[C@@H](c1nnnn1C(C)(C)CC)[NH+]1CC[NH+](CC)CC1. The summed E-state index contributed by atoms with van der Waals surface area (Å²) in [5.41, 5.74) is -0.0117. The first kappa shape index (κ1) is 16.4. The lowest BCUT2D eigenvalue weighted by atomic mass is 10.0. The largest absolute Gasteiger partial charge is 0.326 e. The Kier molecular flexibility index (Phi) is 5.32. The summed E-state index contributed by atoms with van der Waals surface area (Å²) in [4.78, 5) is 3.37. The first-order chi connectivity index (χ1) is 10.0. The van der Waals surface area contributed by atoms with Crippen LogP contribution in [-0.2, 0) is 5.54 Å². The molecule has 0 aromatic carbocycles. The van der Waals surface area contributed by atoms with Crippen molar-refractivity contribution in [2.24, 2.45) is 0 Å². The van der Waals surface area contributed by atoms with Crippen LogP contribution in [0.15, 0.2) is 0 Å². The van der Waals surface area contributed by atoms with Crippen molar-refractivity contribution in [2.75, 3.05) is 32.7 Å². The van der Waals surface area contributed by atoms with Gasteiger partial charge in [-0.25, -0.2) is 4.68 Å². The van der Waals surface area contributed by atoms with Crippen molar-refractivity contribution in [3.05, 3.63) is 5.82 Å². The van der Waals surface area contributed by atoms with E-state index >= 15 is 0 Å². The van der Waals surface area contributed by atoms with Gasteiger partial charge in [0.25, 0.3) is 0 Å². The predicted octanol–water partition coefficient (Wildman–Crippen LogP) is -0.927. The third-order valence-corrected chi connectivity index (χ3v) is 5.24. The van der Waals surface area contributed by atoms with Gasteiger partial charge in [-0.1, -0.05) is 13.8 Å². The molecule has 0 unspecified atom stereocenters. The van der Waals surface area contributed by atoms with Crippen molar-refractivity contribution in [1.82, 2.24) is 20.2 Å². The van der Waals surface area contributed by atoms with E-state index in [2.05, 4.69) is 54.8 Å². The molecule has 0 radical (unpaired) electrons. The number of quaternary nitrogens is 2. The fraction of sp³-hybridized carbons (Fsp3) is 0.933. The predicted molar refractivity (Wildman–Crippen MR) is 82.4 cm³/mol. The average Bonchev–Trinajstić information content (AvgIpc) is 2.99. The number of likely N-dealkylation sites (N-methyl/N-ethyl adjacent to an activating group) is 1. The van der Waals surface area contributed by atoms with Gasteiger partial charge in [-0.3, -0.25) is 0 Å². The number of hydrogen-bond acceptors (Lipinski definition) is 3. The van der Waals surface area contributed by atoms with Crippen molar-refractivity contribution >= 4 is 0 Å². The number of aromatic nitrogens is 4. The molecule has 2 rings (SSSR count). The highest BCUT2D eigenvalue weighted by molar-refractivity contribution is 4.92. The molecule has 0 aliphatic carbocycles. The lowest BCUT2D eigenvalue weighted by Gasteiger charge is -2.34. The molecule has 6 heteroatoms. The molecule has 0 amide bonds. The highest BCUT2D eigenvalue weighted by Crippen LogP contribution is 2.22. The normalized spacial score (nSPS) is 25.0. The van der Waals surface area contributed by atoms with Gasteiger partial charge in [0.15, 0.2) is 0 Å². The van der Waals surface area contributed by atoms with Crippen LogP contribution in [0.5, 0.6) is 0 Å². The van der Waals surface area contributed by atoms with Crippen molar-refractivity contribution in [2.45, 2.75) is 59.0 Å². The van der Waals surface area contributed by atoms with E-state index in [0.717, 1.165) is 18.7 Å². The Balaban J connectivity index is 2.17. The summed E-state index contributed by atoms with van der Waals surface area (Å²) in [7, 11) is 0. The minimum atomic E-state index is -0.0117. The summed E-state index contributed by atoms with van der Waals surface area (Å²) in [6, 6.07) is 0.421. The molecular formula is C15H32N6+2. The molecule has 1 aliphatic rings. The summed E-state index contributed by atoms with van der Waals surface area (Å²) in [6.07, 6.45) is 2.13. The minimum absolute atomic E-state index is 0.0117. The maximum absolute atomic E-state index is 4.39. The third-order valence-electron chi connectivity index (χ3n) is 5.24. The highest BCUT2D eigenvalue weighted by Gasteiger charge is 2.35. The Hall–Kier alpha value is -1.01. The standard InChI is InChI=1S/C15H30N6/c1-6-13(20-11-9-19(8-3)10-12-20)14-16-17-18-21(14)15(4,5)7-2/h13H,6-12H2,1-5H3/p+2/t13-/m0/s1. The molecule has 1 atom stereocenters. The van der Waals surface area contributed by atoms with Crippen LogP contribution in [0.3, 0.4) is 0 Å². The number of rotatable bonds is 6. The van der Waals surface area contributed by atoms with E-state index in [4.69, 9.17) is 0 Å². The number of nitrogens with zero attached hydrogens (tertiary/aromatic N) is 4. The first-order valence-corrected chi connectivity index (χ1v) is 8.50. The van der Waals surface area contributed by atoms with Crippen LogP contribution >= 0.6 is 0 Å². The average molecular weight is 296 g/mol. The van der Waals surface area contributed by atoms with E-state index in [-0.39, 0.29) is 5.54 Å². The fourth-order valence-corrected chi connectivity index (χ4v) is 3.27. The zero-order valence-corrected chi connectivity index (χ0v) is 14.3. The fourth-order valence-electron chi connectivity index (χ4n) is 3.27. The number of tetrazole rings is 1. The summed E-state index contributed by atoms with van der Waals surface area (Å²) >= 11 is 0. The van der Waals surface area contributed by atoms with E-state index in [0.29, 0.717) is 6.04 Å². The Morgan fingerprint density at radius 3 is 2.33 bits per heavy atom. The van der Waals surface area contributed by atoms with Gasteiger partial charge in [-0.2, -0.15) is 0 Å². The third kappa shape index (κ3) is 3.43. The van der Waals surface area contributed by atoms with Crippen molar-refractivity contribution < 1.29 is 9.80 Å². The second-order valence-electron chi connectivity index (χ2n) is 6.84. The molecule has 1 aromatic rings. The smallest absolute Gasteiger partial charge is 0.209 e. The van der Waals surface area contributed by atoms with Gasteiger partial charge in [-0.05, 0) is 37.6 Å². The number of piperazine rings is 1. The molecule has 6 nitrogen and oxygen atoms in total. The second kappa shape index (κ2) is 6.83. The van der Waals surface area contributed by atoms with Crippen LogP contribution in [0.1, 0.15) is 59.3 Å². The molecule has 2 heterocycles. The van der Waals surface area contributed by atoms with Crippen LogP contribution in [0.4, 0.5) is 0 Å². The zero-order valence-electron chi connectivity index (χ0n) is 14.3. The van der Waals surface area contributed by atoms with Crippen LogP contribution in [0, 0.1) is 0 Å². The first-order valence-electron chi connectivity index (χ1n) is 8.50. The topological polar surface area (TPSA) is 52.5 Å². The van der Waals surface area contributed by atoms with Crippen molar-refractivity contribution in [3.63, 3.8) is 0 Å². The van der Waals surface area contributed by atoms with E-state index in [9.17, 15) is 0 Å². The molecule has 1 aliphatic heterocycles. The van der Waals surface area contributed by atoms with Gasteiger partial charge in [0, 0.05) is 6.42 Å². The molecule has 120 valence electrons.